The third-order valence-electron chi connectivity index (χ3n) is 2.81. The monoisotopic (exact) mass is 277 g/mol. The Kier molecular flexibility index (Phi) is 6.04. The lowest BCUT2D eigenvalue weighted by molar-refractivity contribution is 0.239. The molecule has 0 aromatic carbocycles. The fourth-order valence-corrected chi connectivity index (χ4v) is 3.78. The molecular weight excluding hydrogens is 250 g/mol. The summed E-state index contributed by atoms with van der Waals surface area (Å²) in [5, 5.41) is 3.30. The van der Waals surface area contributed by atoms with Gasteiger partial charge in [0.2, 0.25) is 10.0 Å². The van der Waals surface area contributed by atoms with Gasteiger partial charge in [-0.25, -0.2) is 13.1 Å². The van der Waals surface area contributed by atoms with Crippen LogP contribution in [0.25, 0.3) is 0 Å². The summed E-state index contributed by atoms with van der Waals surface area (Å²) in [4.78, 5) is 2.37. The van der Waals surface area contributed by atoms with Gasteiger partial charge >= 0.3 is 0 Å². The predicted molar refractivity (Wildman–Crippen MR) is 75.2 cm³/mol. The summed E-state index contributed by atoms with van der Waals surface area (Å²) in [6.45, 7) is 11.5. The number of nitrogens with zero attached hydrogens (tertiary/aromatic N) is 1. The summed E-state index contributed by atoms with van der Waals surface area (Å²) in [5.74, 6) is 0.188. The van der Waals surface area contributed by atoms with Gasteiger partial charge in [-0.05, 0) is 18.4 Å². The SMILES string of the molecule is CC(C)(C)CS(=O)(=O)NCCCN1CCNCC1. The number of hydrogen-bond acceptors (Lipinski definition) is 4. The molecule has 5 nitrogen and oxygen atoms in total. The molecule has 0 radical (unpaired) electrons. The normalized spacial score (nSPS) is 19.1. The summed E-state index contributed by atoms with van der Waals surface area (Å²) < 4.78 is 26.2. The molecule has 0 aromatic heterocycles. The maximum atomic E-state index is 11.8. The molecule has 108 valence electrons. The van der Waals surface area contributed by atoms with E-state index in [0.29, 0.717) is 6.54 Å². The first kappa shape index (κ1) is 15.9. The van der Waals surface area contributed by atoms with E-state index in [-0.39, 0.29) is 11.2 Å². The molecule has 0 amide bonds. The second kappa shape index (κ2) is 6.84. The molecule has 1 rings (SSSR count). The average molecular weight is 277 g/mol. The van der Waals surface area contributed by atoms with Crippen molar-refractivity contribution >= 4 is 10.0 Å². The van der Waals surface area contributed by atoms with Crippen molar-refractivity contribution in [3.05, 3.63) is 0 Å². The van der Waals surface area contributed by atoms with E-state index >= 15 is 0 Å². The highest BCUT2D eigenvalue weighted by Gasteiger charge is 2.20. The quantitative estimate of drug-likeness (QED) is 0.683. The van der Waals surface area contributed by atoms with Gasteiger partial charge in [0.25, 0.3) is 0 Å². The maximum absolute atomic E-state index is 11.8. The van der Waals surface area contributed by atoms with Gasteiger partial charge in [-0.1, -0.05) is 20.8 Å². The van der Waals surface area contributed by atoms with Crippen molar-refractivity contribution < 1.29 is 8.42 Å². The Morgan fingerprint density at radius 2 is 1.83 bits per heavy atom. The lowest BCUT2D eigenvalue weighted by Gasteiger charge is -2.27. The van der Waals surface area contributed by atoms with E-state index in [4.69, 9.17) is 0 Å². The van der Waals surface area contributed by atoms with Gasteiger partial charge in [-0.2, -0.15) is 0 Å². The summed E-state index contributed by atoms with van der Waals surface area (Å²) in [7, 11) is -3.12. The van der Waals surface area contributed by atoms with Crippen molar-refractivity contribution in [3.8, 4) is 0 Å². The largest absolute Gasteiger partial charge is 0.314 e. The highest BCUT2D eigenvalue weighted by atomic mass is 32.2. The molecule has 0 unspecified atom stereocenters. The first-order chi connectivity index (χ1) is 8.29. The first-order valence-corrected chi connectivity index (χ1v) is 8.34. The maximum Gasteiger partial charge on any atom is 0.212 e. The molecule has 0 bridgehead atoms. The van der Waals surface area contributed by atoms with Gasteiger partial charge in [0.05, 0.1) is 5.75 Å². The van der Waals surface area contributed by atoms with Crippen LogP contribution in [-0.4, -0.2) is 58.3 Å². The third kappa shape index (κ3) is 7.31. The van der Waals surface area contributed by atoms with Gasteiger partial charge < -0.3 is 10.2 Å². The number of sulfonamides is 1. The zero-order valence-electron chi connectivity index (χ0n) is 11.8. The van der Waals surface area contributed by atoms with Crippen LogP contribution in [0, 0.1) is 5.41 Å². The molecule has 2 N–H and O–H groups in total. The zero-order valence-corrected chi connectivity index (χ0v) is 12.6. The van der Waals surface area contributed by atoms with E-state index in [1.54, 1.807) is 0 Å². The van der Waals surface area contributed by atoms with E-state index < -0.39 is 10.0 Å². The smallest absolute Gasteiger partial charge is 0.212 e. The summed E-state index contributed by atoms with van der Waals surface area (Å²) in [6.07, 6.45) is 0.878. The standard InChI is InChI=1S/C12H27N3O2S/c1-12(2,3)11-18(16,17)14-5-4-8-15-9-6-13-7-10-15/h13-14H,4-11H2,1-3H3. The molecule has 1 fully saturated rings. The van der Waals surface area contributed by atoms with Gasteiger partial charge in [-0.15, -0.1) is 0 Å². The number of piperazine rings is 1. The number of rotatable bonds is 6. The fourth-order valence-electron chi connectivity index (χ4n) is 2.09. The predicted octanol–water partition coefficient (Wildman–Crippen LogP) is 0.247. The molecule has 0 spiro atoms. The van der Waals surface area contributed by atoms with Crippen LogP contribution < -0.4 is 10.0 Å². The molecule has 1 saturated heterocycles. The number of hydrogen-bond donors (Lipinski definition) is 2. The van der Waals surface area contributed by atoms with Crippen LogP contribution in [0.15, 0.2) is 0 Å². The molecule has 1 aliphatic heterocycles. The van der Waals surface area contributed by atoms with Crippen molar-refractivity contribution in [2.75, 3.05) is 45.0 Å². The van der Waals surface area contributed by atoms with E-state index in [9.17, 15) is 8.42 Å². The Morgan fingerprint density at radius 3 is 2.39 bits per heavy atom. The molecule has 1 heterocycles. The van der Waals surface area contributed by atoms with Crippen molar-refractivity contribution in [3.63, 3.8) is 0 Å². The molecule has 0 aliphatic carbocycles. The molecule has 0 aromatic rings. The van der Waals surface area contributed by atoms with Gasteiger partial charge in [0, 0.05) is 32.7 Å². The van der Waals surface area contributed by atoms with Crippen molar-refractivity contribution in [1.82, 2.24) is 14.9 Å². The Morgan fingerprint density at radius 1 is 1.22 bits per heavy atom. The fraction of sp³-hybridized carbons (Fsp3) is 1.00. The van der Waals surface area contributed by atoms with Crippen LogP contribution in [0.3, 0.4) is 0 Å². The van der Waals surface area contributed by atoms with Crippen LogP contribution in [-0.2, 0) is 10.0 Å². The first-order valence-electron chi connectivity index (χ1n) is 6.69. The highest BCUT2D eigenvalue weighted by Crippen LogP contribution is 2.15. The lowest BCUT2D eigenvalue weighted by Crippen LogP contribution is -2.44. The zero-order chi connectivity index (χ0) is 13.6. The average Bonchev–Trinajstić information content (AvgIpc) is 2.23. The summed E-state index contributed by atoms with van der Waals surface area (Å²) in [6, 6.07) is 0. The molecule has 0 atom stereocenters. The topological polar surface area (TPSA) is 61.4 Å². The molecular formula is C12H27N3O2S. The molecule has 1 aliphatic rings. The van der Waals surface area contributed by atoms with E-state index in [2.05, 4.69) is 14.9 Å². The van der Waals surface area contributed by atoms with Crippen LogP contribution in [0.1, 0.15) is 27.2 Å². The Hall–Kier alpha value is -0.170. The minimum absolute atomic E-state index is 0.188. The molecule has 18 heavy (non-hydrogen) atoms. The van der Waals surface area contributed by atoms with Crippen molar-refractivity contribution in [1.29, 1.82) is 0 Å². The van der Waals surface area contributed by atoms with E-state index in [1.165, 1.54) is 0 Å². The third-order valence-corrected chi connectivity index (χ3v) is 4.70. The van der Waals surface area contributed by atoms with Crippen LogP contribution >= 0.6 is 0 Å². The van der Waals surface area contributed by atoms with Crippen molar-refractivity contribution in [2.45, 2.75) is 27.2 Å². The van der Waals surface area contributed by atoms with Crippen LogP contribution in [0.4, 0.5) is 0 Å². The van der Waals surface area contributed by atoms with Crippen molar-refractivity contribution in [2.24, 2.45) is 5.41 Å². The minimum Gasteiger partial charge on any atom is -0.314 e. The highest BCUT2D eigenvalue weighted by molar-refractivity contribution is 7.89. The Bertz CT molecular complexity index is 330. The Labute approximate surface area is 111 Å². The second-order valence-electron chi connectivity index (χ2n) is 6.16. The van der Waals surface area contributed by atoms with Gasteiger partial charge in [0.1, 0.15) is 0 Å². The van der Waals surface area contributed by atoms with E-state index in [1.807, 2.05) is 20.8 Å². The minimum atomic E-state index is -3.12. The summed E-state index contributed by atoms with van der Waals surface area (Å²) >= 11 is 0. The lowest BCUT2D eigenvalue weighted by atomic mass is 10.0. The van der Waals surface area contributed by atoms with E-state index in [0.717, 1.165) is 39.1 Å². The van der Waals surface area contributed by atoms with Gasteiger partial charge in [0.15, 0.2) is 0 Å². The second-order valence-corrected chi connectivity index (χ2v) is 7.97. The number of nitrogens with one attached hydrogen (secondary N) is 2. The van der Waals surface area contributed by atoms with Gasteiger partial charge in [-0.3, -0.25) is 0 Å². The summed E-state index contributed by atoms with van der Waals surface area (Å²) in [5.41, 5.74) is -0.190. The molecule has 0 saturated carbocycles. The van der Waals surface area contributed by atoms with Crippen LogP contribution in [0.2, 0.25) is 0 Å². The van der Waals surface area contributed by atoms with Crippen LogP contribution in [0.5, 0.6) is 0 Å². The molecule has 6 heteroatoms. The Balaban J connectivity index is 2.16.